The Hall–Kier alpha value is -3.60. The fraction of sp³-hybridized carbons (Fsp3) is 0.0833. The number of allylic oxidation sites excluding steroid dienone is 1. The number of halogens is 1. The summed E-state index contributed by atoms with van der Waals surface area (Å²) in [6, 6.07) is 20.9. The van der Waals surface area contributed by atoms with Crippen molar-refractivity contribution in [2.45, 2.75) is 11.5 Å². The Bertz CT molecular complexity index is 1270. The van der Waals surface area contributed by atoms with Gasteiger partial charge in [-0.2, -0.15) is 5.26 Å². The molecule has 0 N–H and O–H groups in total. The monoisotopic (exact) mass is 467 g/mol. The van der Waals surface area contributed by atoms with Gasteiger partial charge >= 0.3 is 5.97 Å². The van der Waals surface area contributed by atoms with Gasteiger partial charge in [0.1, 0.15) is 23.3 Å². The summed E-state index contributed by atoms with van der Waals surface area (Å²) < 4.78 is 35.8. The second kappa shape index (κ2) is 10.1. The summed E-state index contributed by atoms with van der Waals surface area (Å²) >= 11 is 5.81. The minimum atomic E-state index is -3.96. The number of rotatable bonds is 7. The molecule has 32 heavy (non-hydrogen) atoms. The normalized spacial score (nSPS) is 11.5. The fourth-order valence-electron chi connectivity index (χ4n) is 2.74. The lowest BCUT2D eigenvalue weighted by atomic mass is 10.1. The van der Waals surface area contributed by atoms with E-state index in [1.54, 1.807) is 54.6 Å². The number of hydrogen-bond donors (Lipinski definition) is 0. The first kappa shape index (κ1) is 23.1. The number of carbonyl (C=O) groups is 1. The van der Waals surface area contributed by atoms with E-state index in [0.717, 1.165) is 5.56 Å². The molecule has 0 aromatic heterocycles. The molecule has 162 valence electrons. The molecule has 0 spiro atoms. The summed E-state index contributed by atoms with van der Waals surface area (Å²) in [6.45, 7) is 0.283. The summed E-state index contributed by atoms with van der Waals surface area (Å²) in [5, 5.41) is 9.80. The Morgan fingerprint density at radius 3 is 2.19 bits per heavy atom. The van der Waals surface area contributed by atoms with Crippen molar-refractivity contribution in [1.82, 2.24) is 0 Å². The van der Waals surface area contributed by atoms with Gasteiger partial charge in [-0.25, -0.2) is 13.2 Å². The summed E-state index contributed by atoms with van der Waals surface area (Å²) in [6.07, 6.45) is 1.30. The van der Waals surface area contributed by atoms with Gasteiger partial charge in [-0.3, -0.25) is 0 Å². The van der Waals surface area contributed by atoms with Crippen molar-refractivity contribution in [2.24, 2.45) is 0 Å². The Labute approximate surface area is 191 Å². The highest BCUT2D eigenvalue weighted by atomic mass is 35.5. The molecule has 0 saturated heterocycles. The third kappa shape index (κ3) is 5.55. The lowest BCUT2D eigenvalue weighted by molar-refractivity contribution is 0.0600. The van der Waals surface area contributed by atoms with Gasteiger partial charge in [0.05, 0.1) is 17.6 Å². The highest BCUT2D eigenvalue weighted by Crippen LogP contribution is 2.24. The van der Waals surface area contributed by atoms with E-state index in [9.17, 15) is 18.5 Å². The van der Waals surface area contributed by atoms with Crippen LogP contribution in [0.15, 0.2) is 82.6 Å². The van der Waals surface area contributed by atoms with E-state index in [2.05, 4.69) is 4.74 Å². The van der Waals surface area contributed by atoms with Crippen LogP contribution in [0.25, 0.3) is 6.08 Å². The van der Waals surface area contributed by atoms with Gasteiger partial charge in [0.15, 0.2) is 0 Å². The number of benzene rings is 3. The SMILES string of the molecule is COC(=O)c1ccc(COc2ccc(C=C(C#N)S(=O)(=O)c3ccc(Cl)cc3)cc2)cc1. The molecule has 0 atom stereocenters. The Kier molecular flexibility index (Phi) is 7.31. The van der Waals surface area contributed by atoms with Crippen LogP contribution in [0, 0.1) is 11.3 Å². The molecule has 3 aromatic carbocycles. The second-order valence-corrected chi connectivity index (χ2v) is 8.98. The van der Waals surface area contributed by atoms with E-state index in [-0.39, 0.29) is 16.4 Å². The van der Waals surface area contributed by atoms with Gasteiger partial charge in [-0.15, -0.1) is 0 Å². The molecule has 0 amide bonds. The Morgan fingerprint density at radius 2 is 1.62 bits per heavy atom. The van der Waals surface area contributed by atoms with Crippen molar-refractivity contribution in [1.29, 1.82) is 5.26 Å². The molecular weight excluding hydrogens is 450 g/mol. The van der Waals surface area contributed by atoms with Crippen LogP contribution in [-0.4, -0.2) is 21.5 Å². The minimum Gasteiger partial charge on any atom is -0.489 e. The topological polar surface area (TPSA) is 93.5 Å². The van der Waals surface area contributed by atoms with Gasteiger partial charge in [0.25, 0.3) is 0 Å². The zero-order valence-corrected chi connectivity index (χ0v) is 18.6. The van der Waals surface area contributed by atoms with Crippen molar-refractivity contribution in [3.8, 4) is 11.8 Å². The van der Waals surface area contributed by atoms with Gasteiger partial charge in [0, 0.05) is 5.02 Å². The maximum Gasteiger partial charge on any atom is 0.337 e. The van der Waals surface area contributed by atoms with Crippen LogP contribution in [-0.2, 0) is 21.2 Å². The highest BCUT2D eigenvalue weighted by molar-refractivity contribution is 7.95. The molecule has 0 aliphatic heterocycles. The van der Waals surface area contributed by atoms with E-state index >= 15 is 0 Å². The third-order valence-electron chi connectivity index (χ3n) is 4.48. The quantitative estimate of drug-likeness (QED) is 0.357. The van der Waals surface area contributed by atoms with E-state index in [0.29, 0.717) is 21.9 Å². The number of ether oxygens (including phenoxy) is 2. The van der Waals surface area contributed by atoms with Crippen molar-refractivity contribution >= 4 is 33.5 Å². The molecule has 0 aliphatic rings. The fourth-order valence-corrected chi connectivity index (χ4v) is 4.03. The van der Waals surface area contributed by atoms with Gasteiger partial charge in [-0.05, 0) is 65.7 Å². The van der Waals surface area contributed by atoms with E-state index in [1.807, 2.05) is 0 Å². The van der Waals surface area contributed by atoms with Crippen LogP contribution in [0.1, 0.15) is 21.5 Å². The molecule has 0 fully saturated rings. The van der Waals surface area contributed by atoms with Crippen LogP contribution >= 0.6 is 11.6 Å². The number of nitriles is 1. The first-order chi connectivity index (χ1) is 15.3. The molecular formula is C24H18ClNO5S. The molecule has 6 nitrogen and oxygen atoms in total. The van der Waals surface area contributed by atoms with Crippen molar-refractivity contribution in [3.63, 3.8) is 0 Å². The number of esters is 1. The smallest absolute Gasteiger partial charge is 0.337 e. The minimum absolute atomic E-state index is 0.00660. The summed E-state index contributed by atoms with van der Waals surface area (Å²) in [5.74, 6) is 0.161. The molecule has 0 radical (unpaired) electrons. The maximum atomic E-state index is 12.7. The van der Waals surface area contributed by atoms with Crippen LogP contribution in [0.4, 0.5) is 0 Å². The molecule has 0 unspecified atom stereocenters. The van der Waals surface area contributed by atoms with Crippen LogP contribution in [0.5, 0.6) is 5.75 Å². The number of methoxy groups -OCH3 is 1. The van der Waals surface area contributed by atoms with Gasteiger partial charge < -0.3 is 9.47 Å². The average molecular weight is 468 g/mol. The van der Waals surface area contributed by atoms with Crippen molar-refractivity contribution in [3.05, 3.63) is 99.4 Å². The van der Waals surface area contributed by atoms with E-state index < -0.39 is 15.8 Å². The van der Waals surface area contributed by atoms with Crippen LogP contribution in [0.3, 0.4) is 0 Å². The summed E-state index contributed by atoms with van der Waals surface area (Å²) in [4.78, 5) is 11.1. The van der Waals surface area contributed by atoms with Crippen LogP contribution < -0.4 is 4.74 Å². The van der Waals surface area contributed by atoms with E-state index in [1.165, 1.54) is 37.5 Å². The first-order valence-corrected chi connectivity index (χ1v) is 11.2. The molecule has 8 heteroatoms. The summed E-state index contributed by atoms with van der Waals surface area (Å²) in [7, 11) is -2.63. The first-order valence-electron chi connectivity index (χ1n) is 9.36. The number of hydrogen-bond acceptors (Lipinski definition) is 6. The lowest BCUT2D eigenvalue weighted by Crippen LogP contribution is -2.03. The molecule has 0 aliphatic carbocycles. The van der Waals surface area contributed by atoms with Crippen molar-refractivity contribution in [2.75, 3.05) is 7.11 Å². The summed E-state index contributed by atoms with van der Waals surface area (Å²) in [5.41, 5.74) is 1.85. The van der Waals surface area contributed by atoms with Crippen LogP contribution in [0.2, 0.25) is 5.02 Å². The molecule has 3 rings (SSSR count). The number of sulfone groups is 1. The third-order valence-corrected chi connectivity index (χ3v) is 6.41. The average Bonchev–Trinajstić information content (AvgIpc) is 2.82. The zero-order valence-electron chi connectivity index (χ0n) is 17.0. The van der Waals surface area contributed by atoms with Gasteiger partial charge in [0.2, 0.25) is 9.84 Å². The molecule has 0 bridgehead atoms. The standard InChI is InChI=1S/C24H18ClNO5S/c1-30-24(27)19-6-2-18(3-7-19)16-31-21-10-4-17(5-11-21)14-23(15-26)32(28,29)22-12-8-20(25)9-13-22/h2-14H,16H2,1H3. The lowest BCUT2D eigenvalue weighted by Gasteiger charge is -2.08. The molecule has 0 heterocycles. The predicted molar refractivity (Wildman–Crippen MR) is 121 cm³/mol. The predicted octanol–water partition coefficient (Wildman–Crippen LogP) is 5.04. The Balaban J connectivity index is 1.70. The molecule has 0 saturated carbocycles. The van der Waals surface area contributed by atoms with Crippen molar-refractivity contribution < 1.29 is 22.7 Å². The maximum absolute atomic E-state index is 12.7. The van der Waals surface area contributed by atoms with E-state index in [4.69, 9.17) is 16.3 Å². The zero-order chi connectivity index (χ0) is 23.1. The Morgan fingerprint density at radius 1 is 1.00 bits per heavy atom. The largest absolute Gasteiger partial charge is 0.489 e. The second-order valence-electron chi connectivity index (χ2n) is 6.62. The number of carbonyl (C=O) groups excluding carboxylic acids is 1. The number of nitrogens with zero attached hydrogens (tertiary/aromatic N) is 1. The highest BCUT2D eigenvalue weighted by Gasteiger charge is 2.20. The van der Waals surface area contributed by atoms with Gasteiger partial charge in [-0.1, -0.05) is 35.9 Å². The molecule has 3 aromatic rings.